The molecule has 20 heavy (non-hydrogen) atoms. The zero-order chi connectivity index (χ0) is 15.2. The first kappa shape index (κ1) is 16.6. The first-order valence-corrected chi connectivity index (χ1v) is 6.85. The maximum absolute atomic E-state index is 12.0. The van der Waals surface area contributed by atoms with E-state index in [1.165, 1.54) is 7.11 Å². The van der Waals surface area contributed by atoms with Gasteiger partial charge in [0.1, 0.15) is 5.75 Å². The third kappa shape index (κ3) is 4.58. The molecule has 1 atom stereocenters. The van der Waals surface area contributed by atoms with Gasteiger partial charge in [-0.2, -0.15) is 0 Å². The number of hydrogen-bond donors (Lipinski definition) is 3. The van der Waals surface area contributed by atoms with E-state index in [4.69, 9.17) is 21.4 Å². The Bertz CT molecular complexity index is 468. The maximum Gasteiger partial charge on any atom is 0.319 e. The van der Waals surface area contributed by atoms with Crippen LogP contribution in [0.15, 0.2) is 18.2 Å². The van der Waals surface area contributed by atoms with Crippen LogP contribution in [0.4, 0.5) is 10.5 Å². The van der Waals surface area contributed by atoms with Crippen LogP contribution in [0.25, 0.3) is 0 Å². The lowest BCUT2D eigenvalue weighted by atomic mass is 9.95. The molecule has 0 saturated heterocycles. The van der Waals surface area contributed by atoms with E-state index in [0.29, 0.717) is 29.3 Å². The van der Waals surface area contributed by atoms with E-state index in [0.717, 1.165) is 0 Å². The van der Waals surface area contributed by atoms with Crippen molar-refractivity contribution in [2.24, 2.45) is 0 Å². The normalized spacial score (nSPS) is 13.4. The second kappa shape index (κ2) is 7.36. The molecule has 5 nitrogen and oxygen atoms in total. The number of nitrogens with one attached hydrogen (secondary N) is 2. The number of methoxy groups -OCH3 is 1. The lowest BCUT2D eigenvalue weighted by Gasteiger charge is -2.29. The molecule has 3 N–H and O–H groups in total. The number of urea groups is 1. The van der Waals surface area contributed by atoms with Gasteiger partial charge in [0, 0.05) is 17.2 Å². The third-order valence-electron chi connectivity index (χ3n) is 3.27. The molecule has 1 rings (SSSR count). The number of amides is 2. The van der Waals surface area contributed by atoms with Gasteiger partial charge in [-0.25, -0.2) is 4.79 Å². The Labute approximate surface area is 124 Å². The number of hydrogen-bond acceptors (Lipinski definition) is 3. The summed E-state index contributed by atoms with van der Waals surface area (Å²) in [5.74, 6) is 0.532. The summed E-state index contributed by atoms with van der Waals surface area (Å²) in [5.41, 5.74) is 0.0462. The molecule has 0 aliphatic carbocycles. The van der Waals surface area contributed by atoms with E-state index >= 15 is 0 Å². The molecule has 0 bridgehead atoms. The fourth-order valence-corrected chi connectivity index (χ4v) is 1.95. The average molecular weight is 301 g/mol. The molecule has 0 heterocycles. The molecule has 0 radical (unpaired) electrons. The number of benzene rings is 1. The van der Waals surface area contributed by atoms with Gasteiger partial charge in [-0.1, -0.05) is 18.5 Å². The maximum atomic E-state index is 12.0. The average Bonchev–Trinajstić information content (AvgIpc) is 2.39. The van der Waals surface area contributed by atoms with Crippen molar-refractivity contribution in [2.75, 3.05) is 19.0 Å². The number of carbonyl (C=O) groups is 1. The van der Waals surface area contributed by atoms with Crippen LogP contribution in [0, 0.1) is 0 Å². The second-order valence-electron chi connectivity index (χ2n) is 4.81. The number of halogens is 1. The van der Waals surface area contributed by atoms with Crippen LogP contribution < -0.4 is 15.4 Å². The number of aliphatic hydroxyl groups is 1. The van der Waals surface area contributed by atoms with E-state index < -0.39 is 5.54 Å². The largest absolute Gasteiger partial charge is 0.495 e. The van der Waals surface area contributed by atoms with Gasteiger partial charge in [-0.15, -0.1) is 0 Å². The topological polar surface area (TPSA) is 70.6 Å². The minimum absolute atomic E-state index is 0.0190. The Hall–Kier alpha value is -1.46. The SMILES string of the molecule is CCC(C)(CCO)NC(=O)Nc1cc(Cl)ccc1OC. The fourth-order valence-electron chi connectivity index (χ4n) is 1.78. The van der Waals surface area contributed by atoms with E-state index in [-0.39, 0.29) is 12.6 Å². The van der Waals surface area contributed by atoms with E-state index in [1.807, 2.05) is 13.8 Å². The van der Waals surface area contributed by atoms with Crippen molar-refractivity contribution in [1.29, 1.82) is 0 Å². The van der Waals surface area contributed by atoms with Crippen LogP contribution in [0.2, 0.25) is 5.02 Å². The van der Waals surface area contributed by atoms with E-state index in [1.54, 1.807) is 18.2 Å². The van der Waals surface area contributed by atoms with Crippen molar-refractivity contribution in [1.82, 2.24) is 5.32 Å². The zero-order valence-corrected chi connectivity index (χ0v) is 12.8. The Morgan fingerprint density at radius 1 is 1.50 bits per heavy atom. The van der Waals surface area contributed by atoms with Crippen molar-refractivity contribution in [2.45, 2.75) is 32.2 Å². The summed E-state index contributed by atoms with van der Waals surface area (Å²) in [6.07, 6.45) is 1.21. The van der Waals surface area contributed by atoms with Crippen molar-refractivity contribution >= 4 is 23.3 Å². The molecule has 1 aromatic carbocycles. The third-order valence-corrected chi connectivity index (χ3v) is 3.50. The van der Waals surface area contributed by atoms with Crippen LogP contribution in [0.5, 0.6) is 5.75 Å². The van der Waals surface area contributed by atoms with Gasteiger partial charge < -0.3 is 20.5 Å². The van der Waals surface area contributed by atoms with Crippen molar-refractivity contribution in [3.63, 3.8) is 0 Å². The van der Waals surface area contributed by atoms with Gasteiger partial charge in [0.2, 0.25) is 0 Å². The number of anilines is 1. The molecule has 0 spiro atoms. The van der Waals surface area contributed by atoms with E-state index in [2.05, 4.69) is 10.6 Å². The molecule has 2 amide bonds. The Kier molecular flexibility index (Phi) is 6.10. The summed E-state index contributed by atoms with van der Waals surface area (Å²) in [6.45, 7) is 3.86. The summed E-state index contributed by atoms with van der Waals surface area (Å²) in [4.78, 5) is 12.0. The number of rotatable bonds is 6. The van der Waals surface area contributed by atoms with Crippen LogP contribution in [0.1, 0.15) is 26.7 Å². The molecule has 0 saturated carbocycles. The second-order valence-corrected chi connectivity index (χ2v) is 5.25. The summed E-state index contributed by atoms with van der Waals surface area (Å²) in [5, 5.41) is 15.1. The molecule has 0 aromatic heterocycles. The van der Waals surface area contributed by atoms with Crippen LogP contribution in [-0.2, 0) is 0 Å². The highest BCUT2D eigenvalue weighted by Crippen LogP contribution is 2.27. The van der Waals surface area contributed by atoms with Crippen LogP contribution >= 0.6 is 11.6 Å². The smallest absolute Gasteiger partial charge is 0.319 e. The molecule has 6 heteroatoms. The highest BCUT2D eigenvalue weighted by atomic mass is 35.5. The van der Waals surface area contributed by atoms with Crippen molar-refractivity contribution in [3.05, 3.63) is 23.2 Å². The fraction of sp³-hybridized carbons (Fsp3) is 0.500. The number of ether oxygens (including phenoxy) is 1. The number of aliphatic hydroxyl groups excluding tert-OH is 1. The van der Waals surface area contributed by atoms with E-state index in [9.17, 15) is 4.79 Å². The van der Waals surface area contributed by atoms with Crippen LogP contribution in [0.3, 0.4) is 0 Å². The Balaban J connectivity index is 2.78. The highest BCUT2D eigenvalue weighted by Gasteiger charge is 2.24. The highest BCUT2D eigenvalue weighted by molar-refractivity contribution is 6.31. The first-order chi connectivity index (χ1) is 9.44. The minimum atomic E-state index is -0.454. The summed E-state index contributed by atoms with van der Waals surface area (Å²) in [7, 11) is 1.52. The number of carbonyl (C=O) groups excluding carboxylic acids is 1. The van der Waals surface area contributed by atoms with Gasteiger partial charge in [0.25, 0.3) is 0 Å². The molecular weight excluding hydrogens is 280 g/mol. The van der Waals surface area contributed by atoms with Gasteiger partial charge in [-0.05, 0) is 38.0 Å². The van der Waals surface area contributed by atoms with Gasteiger partial charge in [0.15, 0.2) is 0 Å². The van der Waals surface area contributed by atoms with Crippen LogP contribution in [-0.4, -0.2) is 30.4 Å². The summed E-state index contributed by atoms with van der Waals surface area (Å²) >= 11 is 5.91. The monoisotopic (exact) mass is 300 g/mol. The van der Waals surface area contributed by atoms with Gasteiger partial charge >= 0.3 is 6.03 Å². The lowest BCUT2D eigenvalue weighted by Crippen LogP contribution is -2.48. The Morgan fingerprint density at radius 2 is 2.20 bits per heavy atom. The molecule has 1 aromatic rings. The van der Waals surface area contributed by atoms with Crippen molar-refractivity contribution < 1.29 is 14.6 Å². The minimum Gasteiger partial charge on any atom is -0.495 e. The first-order valence-electron chi connectivity index (χ1n) is 6.47. The predicted octanol–water partition coefficient (Wildman–Crippen LogP) is 3.02. The zero-order valence-electron chi connectivity index (χ0n) is 12.0. The van der Waals surface area contributed by atoms with Crippen molar-refractivity contribution in [3.8, 4) is 5.75 Å². The summed E-state index contributed by atoms with van der Waals surface area (Å²) in [6, 6.07) is 4.63. The molecule has 0 fully saturated rings. The quantitative estimate of drug-likeness (QED) is 0.756. The molecule has 112 valence electrons. The Morgan fingerprint density at radius 3 is 2.75 bits per heavy atom. The molecule has 0 aliphatic heterocycles. The standard InChI is InChI=1S/C14H21ClN2O3/c1-4-14(2,7-8-18)17-13(19)16-11-9-10(15)5-6-12(11)20-3/h5-6,9,18H,4,7-8H2,1-3H3,(H2,16,17,19). The molecular formula is C14H21ClN2O3. The van der Waals surface area contributed by atoms with Gasteiger partial charge in [0.05, 0.1) is 12.8 Å². The summed E-state index contributed by atoms with van der Waals surface area (Å²) < 4.78 is 5.16. The lowest BCUT2D eigenvalue weighted by molar-refractivity contribution is 0.208. The predicted molar refractivity (Wildman–Crippen MR) is 80.6 cm³/mol. The van der Waals surface area contributed by atoms with Gasteiger partial charge in [-0.3, -0.25) is 0 Å². The molecule has 1 unspecified atom stereocenters. The molecule has 0 aliphatic rings.